The van der Waals surface area contributed by atoms with Gasteiger partial charge in [0.25, 0.3) is 5.91 Å². The molecule has 7 heteroatoms. The highest BCUT2D eigenvalue weighted by atomic mass is 35.5. The van der Waals surface area contributed by atoms with Gasteiger partial charge < -0.3 is 4.90 Å². The van der Waals surface area contributed by atoms with E-state index in [1.54, 1.807) is 10.7 Å². The highest BCUT2D eigenvalue weighted by molar-refractivity contribution is 6.31. The minimum atomic E-state index is -0.327. The Kier molecular flexibility index (Phi) is 5.11. The highest BCUT2D eigenvalue weighted by Gasteiger charge is 2.26. The largest absolute Gasteiger partial charge is 0.336 e. The van der Waals surface area contributed by atoms with E-state index >= 15 is 0 Å². The summed E-state index contributed by atoms with van der Waals surface area (Å²) in [6.07, 6.45) is 0. The van der Waals surface area contributed by atoms with Crippen molar-refractivity contribution in [3.8, 4) is 0 Å². The molecular formula is C18H22ClFN4O. The van der Waals surface area contributed by atoms with E-state index in [4.69, 9.17) is 11.6 Å². The van der Waals surface area contributed by atoms with Crippen LogP contribution in [0.4, 0.5) is 4.39 Å². The molecular weight excluding hydrogens is 343 g/mol. The summed E-state index contributed by atoms with van der Waals surface area (Å²) in [5.41, 5.74) is 3.27. The number of aryl methyl sites for hydroxylation is 2. The standard InChI is InChI=1S/C18H22ClFN4O/c1-12-17(13(2)22(3)21-12)18(25)24-8-6-23(7-9-24)11-14-4-5-15(20)10-16(14)19/h4-5,10H,6-9,11H2,1-3H3. The van der Waals surface area contributed by atoms with Crippen molar-refractivity contribution >= 4 is 17.5 Å². The van der Waals surface area contributed by atoms with Gasteiger partial charge in [0.15, 0.2) is 0 Å². The minimum Gasteiger partial charge on any atom is -0.336 e. The van der Waals surface area contributed by atoms with Crippen molar-refractivity contribution < 1.29 is 9.18 Å². The van der Waals surface area contributed by atoms with Gasteiger partial charge in [-0.05, 0) is 31.5 Å². The summed E-state index contributed by atoms with van der Waals surface area (Å²) in [5.74, 6) is -0.283. The zero-order valence-electron chi connectivity index (χ0n) is 14.7. The number of carbonyl (C=O) groups excluding carboxylic acids is 1. The van der Waals surface area contributed by atoms with Crippen LogP contribution in [0.1, 0.15) is 27.3 Å². The molecule has 1 amide bonds. The van der Waals surface area contributed by atoms with E-state index in [1.807, 2.05) is 25.8 Å². The Morgan fingerprint density at radius 3 is 2.48 bits per heavy atom. The summed E-state index contributed by atoms with van der Waals surface area (Å²) in [4.78, 5) is 16.9. The fourth-order valence-corrected chi connectivity index (χ4v) is 3.47. The van der Waals surface area contributed by atoms with E-state index in [-0.39, 0.29) is 11.7 Å². The molecule has 0 aliphatic carbocycles. The molecule has 0 atom stereocenters. The fourth-order valence-electron chi connectivity index (χ4n) is 3.24. The molecule has 0 saturated carbocycles. The maximum Gasteiger partial charge on any atom is 0.257 e. The molecule has 1 aromatic heterocycles. The summed E-state index contributed by atoms with van der Waals surface area (Å²) in [7, 11) is 1.85. The van der Waals surface area contributed by atoms with Gasteiger partial charge in [0.05, 0.1) is 11.3 Å². The molecule has 134 valence electrons. The van der Waals surface area contributed by atoms with E-state index in [0.717, 1.165) is 30.0 Å². The number of amides is 1. The van der Waals surface area contributed by atoms with E-state index in [2.05, 4.69) is 10.00 Å². The Morgan fingerprint density at radius 1 is 1.24 bits per heavy atom. The average molecular weight is 365 g/mol. The van der Waals surface area contributed by atoms with Gasteiger partial charge in [0.2, 0.25) is 0 Å². The molecule has 3 rings (SSSR count). The Morgan fingerprint density at radius 2 is 1.92 bits per heavy atom. The van der Waals surface area contributed by atoms with Gasteiger partial charge in [-0.1, -0.05) is 17.7 Å². The monoisotopic (exact) mass is 364 g/mol. The van der Waals surface area contributed by atoms with E-state index in [1.165, 1.54) is 12.1 Å². The molecule has 0 spiro atoms. The molecule has 1 fully saturated rings. The lowest BCUT2D eigenvalue weighted by Crippen LogP contribution is -2.48. The van der Waals surface area contributed by atoms with Crippen LogP contribution in [-0.2, 0) is 13.6 Å². The second-order valence-corrected chi connectivity index (χ2v) is 6.88. The first-order chi connectivity index (χ1) is 11.9. The quantitative estimate of drug-likeness (QED) is 0.841. The second kappa shape index (κ2) is 7.14. The van der Waals surface area contributed by atoms with Crippen molar-refractivity contribution in [2.75, 3.05) is 26.2 Å². The summed E-state index contributed by atoms with van der Waals surface area (Å²) in [5, 5.41) is 4.77. The van der Waals surface area contributed by atoms with Crippen molar-refractivity contribution in [1.82, 2.24) is 19.6 Å². The van der Waals surface area contributed by atoms with Crippen LogP contribution in [0.2, 0.25) is 5.02 Å². The lowest BCUT2D eigenvalue weighted by molar-refractivity contribution is 0.0627. The molecule has 1 aliphatic heterocycles. The van der Waals surface area contributed by atoms with E-state index < -0.39 is 0 Å². The van der Waals surface area contributed by atoms with Gasteiger partial charge in [-0.25, -0.2) is 4.39 Å². The van der Waals surface area contributed by atoms with Crippen LogP contribution in [-0.4, -0.2) is 51.7 Å². The third-order valence-electron chi connectivity index (χ3n) is 4.79. The summed E-state index contributed by atoms with van der Waals surface area (Å²) in [6, 6.07) is 4.48. The third kappa shape index (κ3) is 3.70. The minimum absolute atomic E-state index is 0.0440. The van der Waals surface area contributed by atoms with Crippen LogP contribution >= 0.6 is 11.6 Å². The first-order valence-corrected chi connectivity index (χ1v) is 8.70. The molecule has 2 aromatic rings. The van der Waals surface area contributed by atoms with Crippen molar-refractivity contribution in [2.24, 2.45) is 7.05 Å². The highest BCUT2D eigenvalue weighted by Crippen LogP contribution is 2.21. The van der Waals surface area contributed by atoms with Crippen LogP contribution in [0.25, 0.3) is 0 Å². The normalized spacial score (nSPS) is 15.6. The number of nitrogens with zero attached hydrogens (tertiary/aromatic N) is 4. The fraction of sp³-hybridized carbons (Fsp3) is 0.444. The van der Waals surface area contributed by atoms with Gasteiger partial charge in [-0.2, -0.15) is 5.10 Å². The van der Waals surface area contributed by atoms with Crippen LogP contribution in [0.15, 0.2) is 18.2 Å². The predicted molar refractivity (Wildman–Crippen MR) is 95.3 cm³/mol. The number of hydrogen-bond acceptors (Lipinski definition) is 3. The lowest BCUT2D eigenvalue weighted by atomic mass is 10.1. The topological polar surface area (TPSA) is 41.4 Å². The van der Waals surface area contributed by atoms with Crippen molar-refractivity contribution in [3.05, 3.63) is 51.6 Å². The molecule has 1 aromatic carbocycles. The maximum absolute atomic E-state index is 13.1. The van der Waals surface area contributed by atoms with Crippen LogP contribution in [0.5, 0.6) is 0 Å². The van der Waals surface area contributed by atoms with Gasteiger partial charge in [-0.3, -0.25) is 14.4 Å². The van der Waals surface area contributed by atoms with E-state index in [9.17, 15) is 9.18 Å². The lowest BCUT2D eigenvalue weighted by Gasteiger charge is -2.35. The van der Waals surface area contributed by atoms with Crippen LogP contribution in [0.3, 0.4) is 0 Å². The number of aromatic nitrogens is 2. The molecule has 0 N–H and O–H groups in total. The molecule has 5 nitrogen and oxygen atoms in total. The van der Waals surface area contributed by atoms with Crippen molar-refractivity contribution in [1.29, 1.82) is 0 Å². The molecule has 0 radical (unpaired) electrons. The second-order valence-electron chi connectivity index (χ2n) is 6.47. The Labute approximate surface area is 152 Å². The summed E-state index contributed by atoms with van der Waals surface area (Å²) < 4.78 is 14.9. The van der Waals surface area contributed by atoms with Gasteiger partial charge >= 0.3 is 0 Å². The van der Waals surface area contributed by atoms with Crippen LogP contribution < -0.4 is 0 Å². The number of rotatable bonds is 3. The summed E-state index contributed by atoms with van der Waals surface area (Å²) >= 11 is 6.10. The first-order valence-electron chi connectivity index (χ1n) is 8.32. The molecule has 0 unspecified atom stereocenters. The third-order valence-corrected chi connectivity index (χ3v) is 5.14. The van der Waals surface area contributed by atoms with Gasteiger partial charge in [0.1, 0.15) is 5.82 Å². The maximum atomic E-state index is 13.1. The molecule has 25 heavy (non-hydrogen) atoms. The molecule has 1 saturated heterocycles. The number of hydrogen-bond donors (Lipinski definition) is 0. The Bertz CT molecular complexity index is 797. The van der Waals surface area contributed by atoms with Crippen molar-refractivity contribution in [2.45, 2.75) is 20.4 Å². The van der Waals surface area contributed by atoms with Gasteiger partial charge in [-0.15, -0.1) is 0 Å². The summed E-state index contributed by atoms with van der Waals surface area (Å²) in [6.45, 7) is 7.28. The smallest absolute Gasteiger partial charge is 0.257 e. The molecule has 0 bridgehead atoms. The molecule has 2 heterocycles. The number of halogens is 2. The zero-order chi connectivity index (χ0) is 18.1. The van der Waals surface area contributed by atoms with Crippen LogP contribution in [0, 0.1) is 19.7 Å². The number of benzene rings is 1. The van der Waals surface area contributed by atoms with E-state index in [0.29, 0.717) is 30.2 Å². The SMILES string of the molecule is Cc1nn(C)c(C)c1C(=O)N1CCN(Cc2ccc(F)cc2Cl)CC1. The molecule has 1 aliphatic rings. The first kappa shape index (κ1) is 17.9. The Balaban J connectivity index is 1.62. The number of piperazine rings is 1. The predicted octanol–water partition coefficient (Wildman–Crippen LogP) is 2.79. The zero-order valence-corrected chi connectivity index (χ0v) is 15.5. The van der Waals surface area contributed by atoms with Gasteiger partial charge in [0, 0.05) is 50.5 Å². The van der Waals surface area contributed by atoms with Crippen molar-refractivity contribution in [3.63, 3.8) is 0 Å². The Hall–Kier alpha value is -1.92. The average Bonchev–Trinajstić information content (AvgIpc) is 2.83. The number of carbonyl (C=O) groups is 1.